The third kappa shape index (κ3) is 7.70. The van der Waals surface area contributed by atoms with E-state index in [0.717, 1.165) is 83.3 Å². The van der Waals surface area contributed by atoms with Crippen molar-refractivity contribution in [3.63, 3.8) is 0 Å². The summed E-state index contributed by atoms with van der Waals surface area (Å²) in [4.78, 5) is 65.6. The molecule has 3 aromatic carbocycles. The lowest BCUT2D eigenvalue weighted by molar-refractivity contribution is 0.510. The molecule has 4 aromatic heterocycles. The van der Waals surface area contributed by atoms with Crippen LogP contribution in [0.3, 0.4) is 0 Å². The van der Waals surface area contributed by atoms with Crippen LogP contribution >= 0.6 is 22.6 Å². The molecule has 3 atom stereocenters. The van der Waals surface area contributed by atoms with Crippen LogP contribution in [0.5, 0.6) is 0 Å². The van der Waals surface area contributed by atoms with Gasteiger partial charge in [-0.05, 0) is 64.1 Å². The maximum Gasteiger partial charge on any atom is 0.332 e. The van der Waals surface area contributed by atoms with E-state index in [1.54, 1.807) is 14.1 Å². The van der Waals surface area contributed by atoms with Crippen molar-refractivity contribution in [2.24, 2.45) is 34.1 Å². The zero-order valence-electron chi connectivity index (χ0n) is 35.4. The molecule has 3 unspecified atom stereocenters. The fraction of sp³-hybridized carbons (Fsp3) is 0.378. The lowest BCUT2D eigenvalue weighted by atomic mass is 9.99. The summed E-state index contributed by atoms with van der Waals surface area (Å²) in [5.41, 5.74) is 3.99. The van der Waals surface area contributed by atoms with E-state index in [4.69, 9.17) is 9.97 Å². The molecule has 7 aromatic rings. The first-order valence-corrected chi connectivity index (χ1v) is 22.2. The van der Waals surface area contributed by atoms with E-state index in [0.29, 0.717) is 53.4 Å². The van der Waals surface area contributed by atoms with Crippen molar-refractivity contribution in [1.29, 1.82) is 0 Å². The summed E-state index contributed by atoms with van der Waals surface area (Å²) in [5.74, 6) is 1.90. The summed E-state index contributed by atoms with van der Waals surface area (Å²) in [6.07, 6.45) is 2.05. The van der Waals surface area contributed by atoms with Crippen LogP contribution in [0.15, 0.2) is 104 Å². The summed E-state index contributed by atoms with van der Waals surface area (Å²) in [7, 11) is 6.40. The largest absolute Gasteiger partial charge is 0.341 e. The van der Waals surface area contributed by atoms with Crippen LogP contribution in [0.2, 0.25) is 0 Å². The highest BCUT2D eigenvalue weighted by molar-refractivity contribution is 14.1. The van der Waals surface area contributed by atoms with Gasteiger partial charge in [-0.1, -0.05) is 78.9 Å². The van der Waals surface area contributed by atoms with Gasteiger partial charge in [0.05, 0.1) is 13.1 Å². The van der Waals surface area contributed by atoms with Gasteiger partial charge in [0.15, 0.2) is 22.3 Å². The van der Waals surface area contributed by atoms with Gasteiger partial charge in [-0.2, -0.15) is 9.97 Å². The Morgan fingerprint density at radius 3 is 1.84 bits per heavy atom. The van der Waals surface area contributed by atoms with Gasteiger partial charge in [0, 0.05) is 83.1 Å². The number of hydrogen-bond acceptors (Lipinski definition) is 10. The Balaban J connectivity index is 0.000000163. The predicted octanol–water partition coefficient (Wildman–Crippen LogP) is 2.39. The minimum Gasteiger partial charge on any atom is -0.341 e. The minimum absolute atomic E-state index is 0.301. The molecule has 16 nitrogen and oxygen atoms in total. The highest BCUT2D eigenvalue weighted by atomic mass is 127. The third-order valence-corrected chi connectivity index (χ3v) is 13.6. The van der Waals surface area contributed by atoms with Crippen molar-refractivity contribution < 1.29 is 0 Å². The first-order valence-electron chi connectivity index (χ1n) is 21.1. The summed E-state index contributed by atoms with van der Waals surface area (Å²) >= 11 is 2.33. The molecule has 322 valence electrons. The minimum atomic E-state index is -0.368. The molecule has 10 rings (SSSR count). The van der Waals surface area contributed by atoms with Crippen molar-refractivity contribution in [1.82, 2.24) is 48.0 Å². The van der Waals surface area contributed by atoms with E-state index < -0.39 is 0 Å². The van der Waals surface area contributed by atoms with Crippen LogP contribution in [-0.4, -0.2) is 88.7 Å². The average molecular weight is 951 g/mol. The van der Waals surface area contributed by atoms with Gasteiger partial charge in [0.1, 0.15) is 0 Å². The number of hydrogen-bond donors (Lipinski definition) is 2. The van der Waals surface area contributed by atoms with Crippen LogP contribution < -0.4 is 42.9 Å². The maximum atomic E-state index is 13.3. The van der Waals surface area contributed by atoms with E-state index in [9.17, 15) is 19.2 Å². The summed E-state index contributed by atoms with van der Waals surface area (Å²) in [5, 5.41) is 7.07. The molecule has 0 amide bonds. The summed E-state index contributed by atoms with van der Waals surface area (Å²) < 4.78 is 10.4. The molecule has 3 aliphatic heterocycles. The topological polar surface area (TPSA) is 154 Å². The molecule has 3 aliphatic rings. The van der Waals surface area contributed by atoms with Gasteiger partial charge >= 0.3 is 11.4 Å². The Morgan fingerprint density at radius 2 is 1.24 bits per heavy atom. The van der Waals surface area contributed by atoms with Crippen molar-refractivity contribution >= 4 is 56.8 Å². The number of nitrogens with zero attached hydrogens (tertiary/aromatic N) is 10. The van der Waals surface area contributed by atoms with Crippen LogP contribution in [0.25, 0.3) is 22.3 Å². The number of fused-ring (bicyclic) bond motifs is 4. The van der Waals surface area contributed by atoms with Crippen LogP contribution in [-0.2, 0) is 47.7 Å². The molecule has 0 saturated carbocycles. The predicted molar refractivity (Wildman–Crippen MR) is 250 cm³/mol. The molecule has 3 saturated heterocycles. The number of anilines is 2. The average Bonchev–Trinajstić information content (AvgIpc) is 4.06. The first kappa shape index (κ1) is 41.6. The lowest BCUT2D eigenvalue weighted by Crippen LogP contribution is -2.44. The molecule has 2 bridgehead atoms. The summed E-state index contributed by atoms with van der Waals surface area (Å²) in [6, 6.07) is 29.6. The van der Waals surface area contributed by atoms with Gasteiger partial charge < -0.3 is 20.4 Å². The van der Waals surface area contributed by atoms with Crippen LogP contribution in [0.4, 0.5) is 11.9 Å². The quantitative estimate of drug-likeness (QED) is 0.217. The molecule has 0 radical (unpaired) electrons. The Hall–Kier alpha value is -5.79. The molecule has 2 N–H and O–H groups in total. The van der Waals surface area contributed by atoms with Crippen molar-refractivity contribution in [2.75, 3.05) is 49.1 Å². The maximum absolute atomic E-state index is 13.3. The number of benzene rings is 3. The van der Waals surface area contributed by atoms with Gasteiger partial charge in [-0.15, -0.1) is 0 Å². The second-order valence-corrected chi connectivity index (χ2v) is 17.8. The fourth-order valence-electron chi connectivity index (χ4n) is 9.25. The monoisotopic (exact) mass is 950 g/mol. The number of rotatable bonds is 8. The van der Waals surface area contributed by atoms with E-state index in [-0.39, 0.29) is 22.5 Å². The van der Waals surface area contributed by atoms with E-state index >= 15 is 0 Å². The Morgan fingerprint density at radius 1 is 0.661 bits per heavy atom. The Kier molecular flexibility index (Phi) is 11.5. The second kappa shape index (κ2) is 17.2. The molecule has 7 heterocycles. The second-order valence-electron chi connectivity index (χ2n) is 16.7. The molecular formula is C45H51IN12O4. The van der Waals surface area contributed by atoms with E-state index in [2.05, 4.69) is 79.4 Å². The SMILES string of the molecule is Cn1c(=O)c2c(nc(N3CC4CC3CN4)n2Cc2ccccc2)n(C)c1=O.Cn1c(=O)c2c(nc(N3CCNCC(Cc4ccccc4)C3)n2Cc2ccccc2I)n(C)c1=O. The normalized spacial score (nSPS) is 18.7. The van der Waals surface area contributed by atoms with Gasteiger partial charge in [-0.25, -0.2) is 9.59 Å². The highest BCUT2D eigenvalue weighted by Gasteiger charge is 2.40. The van der Waals surface area contributed by atoms with Gasteiger partial charge in [-0.3, -0.25) is 37.0 Å². The third-order valence-electron chi connectivity index (χ3n) is 12.6. The molecule has 0 spiro atoms. The number of imidazole rings is 2. The number of piperazine rings is 1. The summed E-state index contributed by atoms with van der Waals surface area (Å²) in [6.45, 7) is 6.18. The molecule has 17 heteroatoms. The van der Waals surface area contributed by atoms with Crippen LogP contribution in [0.1, 0.15) is 23.1 Å². The number of halogens is 1. The Bertz CT molecular complexity index is 3020. The highest BCUT2D eigenvalue weighted by Crippen LogP contribution is 2.31. The first-order chi connectivity index (χ1) is 30.0. The number of aromatic nitrogens is 8. The number of nitrogens with one attached hydrogen (secondary N) is 2. The van der Waals surface area contributed by atoms with Crippen molar-refractivity contribution in [3.8, 4) is 0 Å². The van der Waals surface area contributed by atoms with E-state index in [1.165, 1.54) is 33.4 Å². The standard InChI is InChI=1S/C26H29IN6O2.C19H22N6O2/c1-30-23-22(24(34)31(2)26(30)35)33(17-20-10-6-7-11-21(20)27)25(29-23)32-13-12-28-15-19(16-32)14-18-8-4-3-5-9-18;1-22-16-15(17(26)23(2)19(22)27)25(10-12-6-4-3-5-7-12)18(21-16)24-11-13-8-14(24)9-20-13/h3-11,19,28H,12-17H2,1-2H3;3-7,13-14,20H,8-11H2,1-2H3. The molecule has 3 fully saturated rings. The fourth-order valence-corrected chi connectivity index (χ4v) is 9.81. The van der Waals surface area contributed by atoms with Crippen molar-refractivity contribution in [2.45, 2.75) is 38.0 Å². The number of aryl methyl sites for hydroxylation is 2. The zero-order valence-corrected chi connectivity index (χ0v) is 37.5. The van der Waals surface area contributed by atoms with Crippen molar-refractivity contribution in [3.05, 3.63) is 147 Å². The van der Waals surface area contributed by atoms with E-state index in [1.807, 2.05) is 57.7 Å². The molecular weight excluding hydrogens is 899 g/mol. The van der Waals surface area contributed by atoms with Crippen LogP contribution in [0, 0.1) is 9.49 Å². The molecule has 62 heavy (non-hydrogen) atoms. The zero-order chi connectivity index (χ0) is 43.2. The molecule has 0 aliphatic carbocycles. The van der Waals surface area contributed by atoms with Gasteiger partial charge in [0.2, 0.25) is 11.9 Å². The van der Waals surface area contributed by atoms with Gasteiger partial charge in [0.25, 0.3) is 11.1 Å². The lowest BCUT2D eigenvalue weighted by Gasteiger charge is -2.29. The Labute approximate surface area is 371 Å². The smallest absolute Gasteiger partial charge is 0.332 e.